The summed E-state index contributed by atoms with van der Waals surface area (Å²) in [6, 6.07) is 6.69. The van der Waals surface area contributed by atoms with Crippen LogP contribution in [-0.2, 0) is 14.3 Å². The summed E-state index contributed by atoms with van der Waals surface area (Å²) in [5.74, 6) is 0.545. The highest BCUT2D eigenvalue weighted by atomic mass is 79.9. The van der Waals surface area contributed by atoms with Gasteiger partial charge in [0, 0.05) is 17.9 Å². The predicted molar refractivity (Wildman–Crippen MR) is 114 cm³/mol. The van der Waals surface area contributed by atoms with Gasteiger partial charge in [-0.05, 0) is 54.9 Å². The van der Waals surface area contributed by atoms with E-state index in [9.17, 15) is 9.59 Å². The van der Waals surface area contributed by atoms with Gasteiger partial charge >= 0.3 is 12.1 Å². The minimum Gasteiger partial charge on any atom is -0.497 e. The first-order chi connectivity index (χ1) is 14.1. The van der Waals surface area contributed by atoms with Crippen molar-refractivity contribution < 1.29 is 28.5 Å². The van der Waals surface area contributed by atoms with E-state index in [4.69, 9.17) is 18.9 Å². The number of amides is 1. The number of carbonyl (C=O) groups excluding carboxylic acids is 2. The second kappa shape index (κ2) is 8.67. The number of hydrogen-bond donors (Lipinski definition) is 0. The maximum atomic E-state index is 12.6. The molecule has 1 aromatic heterocycles. The number of halogens is 1. The fourth-order valence-corrected chi connectivity index (χ4v) is 3.66. The molecule has 0 N–H and O–H groups in total. The molecule has 0 radical (unpaired) electrons. The monoisotopic (exact) mass is 480 g/mol. The molecule has 0 spiro atoms. The number of pyridine rings is 1. The average molecular weight is 481 g/mol. The van der Waals surface area contributed by atoms with Crippen LogP contribution < -0.4 is 9.47 Å². The summed E-state index contributed by atoms with van der Waals surface area (Å²) in [6.07, 6.45) is -0.760. The van der Waals surface area contributed by atoms with Gasteiger partial charge < -0.3 is 18.9 Å². The van der Waals surface area contributed by atoms with Crippen molar-refractivity contribution in [2.45, 2.75) is 44.9 Å². The molecule has 9 heteroatoms. The number of nitrogens with zero attached hydrogens (tertiary/aromatic N) is 2. The Balaban J connectivity index is 1.83. The average Bonchev–Trinajstić information content (AvgIpc) is 3.10. The van der Waals surface area contributed by atoms with E-state index >= 15 is 0 Å². The zero-order valence-corrected chi connectivity index (χ0v) is 19.2. The molecule has 0 aliphatic carbocycles. The minimum atomic E-state index is -0.783. The highest BCUT2D eigenvalue weighted by Gasteiger charge is 2.43. The van der Waals surface area contributed by atoms with E-state index in [1.54, 1.807) is 27.9 Å². The molecule has 2 atom stereocenters. The highest BCUT2D eigenvalue weighted by molar-refractivity contribution is 9.10. The van der Waals surface area contributed by atoms with E-state index in [0.29, 0.717) is 21.6 Å². The number of methoxy groups -OCH3 is 2. The summed E-state index contributed by atoms with van der Waals surface area (Å²) in [4.78, 5) is 30.8. The van der Waals surface area contributed by atoms with Crippen LogP contribution in [-0.4, -0.2) is 60.5 Å². The number of rotatable bonds is 4. The maximum absolute atomic E-state index is 12.6. The largest absolute Gasteiger partial charge is 0.497 e. The summed E-state index contributed by atoms with van der Waals surface area (Å²) in [6.45, 7) is 5.49. The van der Waals surface area contributed by atoms with Gasteiger partial charge in [-0.1, -0.05) is 0 Å². The highest BCUT2D eigenvalue weighted by Crippen LogP contribution is 2.32. The van der Waals surface area contributed by atoms with Gasteiger partial charge in [-0.2, -0.15) is 0 Å². The Bertz CT molecular complexity index is 958. The van der Waals surface area contributed by atoms with Crippen LogP contribution in [0.3, 0.4) is 0 Å². The Kier molecular flexibility index (Phi) is 6.40. The van der Waals surface area contributed by atoms with Crippen LogP contribution in [0.1, 0.15) is 27.2 Å². The Hall–Kier alpha value is -2.55. The number of likely N-dealkylation sites (tertiary alicyclic amines) is 1. The first-order valence-corrected chi connectivity index (χ1v) is 10.3. The molecule has 1 aliphatic heterocycles. The van der Waals surface area contributed by atoms with Crippen LogP contribution in [0.2, 0.25) is 0 Å². The Morgan fingerprint density at radius 1 is 1.20 bits per heavy atom. The van der Waals surface area contributed by atoms with E-state index in [2.05, 4.69) is 20.9 Å². The number of benzene rings is 1. The van der Waals surface area contributed by atoms with Crippen LogP contribution in [0.5, 0.6) is 11.6 Å². The molecule has 0 saturated carbocycles. The summed E-state index contributed by atoms with van der Waals surface area (Å²) in [5, 5.41) is 0.921. The molecule has 3 rings (SSSR count). The standard InChI is InChI=1S/C21H25BrN2O6/c1-21(2,3)30-20(26)24-11-14(10-17(24)19(25)28-5)29-18-15(22)8-12-6-7-13(27-4)9-16(12)23-18/h6-9,14,17H,10-11H2,1-5H3. The van der Waals surface area contributed by atoms with Gasteiger partial charge in [-0.3, -0.25) is 4.90 Å². The smallest absolute Gasteiger partial charge is 0.411 e. The molecule has 1 saturated heterocycles. The van der Waals surface area contributed by atoms with Gasteiger partial charge in [-0.25, -0.2) is 14.6 Å². The lowest BCUT2D eigenvalue weighted by molar-refractivity contribution is -0.145. The number of hydrogen-bond acceptors (Lipinski definition) is 7. The van der Waals surface area contributed by atoms with E-state index in [1.807, 2.05) is 24.3 Å². The molecular weight excluding hydrogens is 456 g/mol. The Morgan fingerprint density at radius 3 is 2.57 bits per heavy atom. The van der Waals surface area contributed by atoms with Gasteiger partial charge in [0.25, 0.3) is 0 Å². The third kappa shape index (κ3) is 4.95. The Morgan fingerprint density at radius 2 is 1.93 bits per heavy atom. The quantitative estimate of drug-likeness (QED) is 0.612. The zero-order valence-electron chi connectivity index (χ0n) is 17.6. The lowest BCUT2D eigenvalue weighted by atomic mass is 10.2. The lowest BCUT2D eigenvalue weighted by Gasteiger charge is -2.27. The van der Waals surface area contributed by atoms with Crippen molar-refractivity contribution in [3.05, 3.63) is 28.7 Å². The van der Waals surface area contributed by atoms with E-state index in [1.165, 1.54) is 12.0 Å². The first kappa shape index (κ1) is 22.1. The van der Waals surface area contributed by atoms with Crippen molar-refractivity contribution in [3.63, 3.8) is 0 Å². The molecule has 2 aromatic rings. The van der Waals surface area contributed by atoms with E-state index < -0.39 is 29.8 Å². The maximum Gasteiger partial charge on any atom is 0.411 e. The third-order valence-electron chi connectivity index (χ3n) is 4.59. The Labute approximate surface area is 183 Å². The molecule has 2 heterocycles. The van der Waals surface area contributed by atoms with Crippen LogP contribution in [0.15, 0.2) is 28.7 Å². The van der Waals surface area contributed by atoms with E-state index in [0.717, 1.165) is 5.39 Å². The third-order valence-corrected chi connectivity index (χ3v) is 5.16. The summed E-state index contributed by atoms with van der Waals surface area (Å²) in [7, 11) is 2.88. The SMILES string of the molecule is COC(=O)C1CC(Oc2nc3cc(OC)ccc3cc2Br)CN1C(=O)OC(C)(C)C. The summed E-state index contributed by atoms with van der Waals surface area (Å²) >= 11 is 3.49. The van der Waals surface area contributed by atoms with Gasteiger partial charge in [0.15, 0.2) is 0 Å². The summed E-state index contributed by atoms with van der Waals surface area (Å²) in [5.41, 5.74) is 0.0256. The fourth-order valence-electron chi connectivity index (χ4n) is 3.24. The van der Waals surface area contributed by atoms with Crippen LogP contribution in [0.4, 0.5) is 4.79 Å². The van der Waals surface area contributed by atoms with Crippen molar-refractivity contribution >= 4 is 38.9 Å². The van der Waals surface area contributed by atoms with Gasteiger partial charge in [0.05, 0.1) is 30.8 Å². The van der Waals surface area contributed by atoms with Gasteiger partial charge in [0.2, 0.25) is 5.88 Å². The molecular formula is C21H25BrN2O6. The summed E-state index contributed by atoms with van der Waals surface area (Å²) < 4.78 is 22.3. The van der Waals surface area contributed by atoms with Crippen molar-refractivity contribution in [1.29, 1.82) is 0 Å². The first-order valence-electron chi connectivity index (χ1n) is 9.49. The normalized spacial score (nSPS) is 18.9. The molecule has 162 valence electrons. The second-order valence-corrected chi connectivity index (χ2v) is 8.84. The minimum absolute atomic E-state index is 0.180. The van der Waals surface area contributed by atoms with Crippen molar-refractivity contribution in [1.82, 2.24) is 9.88 Å². The van der Waals surface area contributed by atoms with Crippen molar-refractivity contribution in [3.8, 4) is 11.6 Å². The molecule has 0 bridgehead atoms. The van der Waals surface area contributed by atoms with Crippen molar-refractivity contribution in [2.24, 2.45) is 0 Å². The molecule has 1 amide bonds. The number of esters is 1. The lowest BCUT2D eigenvalue weighted by Crippen LogP contribution is -2.44. The second-order valence-electron chi connectivity index (χ2n) is 7.98. The molecule has 2 unspecified atom stereocenters. The number of carbonyl (C=O) groups is 2. The van der Waals surface area contributed by atoms with Gasteiger partial charge in [-0.15, -0.1) is 0 Å². The molecule has 1 fully saturated rings. The number of aromatic nitrogens is 1. The van der Waals surface area contributed by atoms with Gasteiger partial charge in [0.1, 0.15) is 23.5 Å². The van der Waals surface area contributed by atoms with Crippen molar-refractivity contribution in [2.75, 3.05) is 20.8 Å². The van der Waals surface area contributed by atoms with Crippen LogP contribution in [0, 0.1) is 0 Å². The van der Waals surface area contributed by atoms with Crippen LogP contribution >= 0.6 is 15.9 Å². The topological polar surface area (TPSA) is 87.2 Å². The van der Waals surface area contributed by atoms with E-state index in [-0.39, 0.29) is 13.0 Å². The molecule has 30 heavy (non-hydrogen) atoms. The molecule has 1 aliphatic rings. The molecule has 8 nitrogen and oxygen atoms in total. The molecule has 1 aromatic carbocycles. The number of fused-ring (bicyclic) bond motifs is 1. The van der Waals surface area contributed by atoms with Crippen LogP contribution in [0.25, 0.3) is 10.9 Å². The predicted octanol–water partition coefficient (Wildman–Crippen LogP) is 3.94. The number of ether oxygens (including phenoxy) is 4. The fraction of sp³-hybridized carbons (Fsp3) is 0.476. The zero-order chi connectivity index (χ0) is 22.1.